The van der Waals surface area contributed by atoms with Crippen LogP contribution in [0.5, 0.6) is 0 Å². The number of hydrogen-bond donors (Lipinski definition) is 3. The quantitative estimate of drug-likeness (QED) is 0.369. The second-order valence-electron chi connectivity index (χ2n) is 14.1. The van der Waals surface area contributed by atoms with Gasteiger partial charge < -0.3 is 10.2 Å². The first-order valence-corrected chi connectivity index (χ1v) is 16.3. The van der Waals surface area contributed by atoms with Gasteiger partial charge in [0.15, 0.2) is 5.69 Å². The van der Waals surface area contributed by atoms with E-state index in [1.165, 1.54) is 5.56 Å². The number of imide groups is 1. The van der Waals surface area contributed by atoms with Crippen molar-refractivity contribution in [3.63, 3.8) is 0 Å². The maximum Gasteiger partial charge on any atom is 0.276 e. The third kappa shape index (κ3) is 5.92. The predicted molar refractivity (Wildman–Crippen MR) is 166 cm³/mol. The Labute approximate surface area is 262 Å². The Morgan fingerprint density at radius 2 is 1.84 bits per heavy atom. The number of nitrogens with one attached hydrogen (secondary N) is 3. The van der Waals surface area contributed by atoms with Crippen molar-refractivity contribution in [1.29, 1.82) is 0 Å². The zero-order valence-corrected chi connectivity index (χ0v) is 26.0. The van der Waals surface area contributed by atoms with Gasteiger partial charge in [0.1, 0.15) is 0 Å². The molecule has 2 fully saturated rings. The Bertz CT molecular complexity index is 1660. The number of hydrogen-bond acceptors (Lipinski definition) is 6. The van der Waals surface area contributed by atoms with Crippen molar-refractivity contribution in [1.82, 2.24) is 30.2 Å². The van der Waals surface area contributed by atoms with E-state index in [0.717, 1.165) is 73.8 Å². The highest BCUT2D eigenvalue weighted by Gasteiger charge is 2.34. The molecule has 4 aliphatic rings. The van der Waals surface area contributed by atoms with Crippen LogP contribution in [-0.4, -0.2) is 55.1 Å². The molecular formula is C34H41N7O4. The summed E-state index contributed by atoms with van der Waals surface area (Å²) in [6, 6.07) is 6.29. The molecule has 7 rings (SSSR count). The second kappa shape index (κ2) is 11.6. The molecule has 1 atom stereocenters. The standard InChI is InChI=1S/C34H41N7O4/c1-34(2)13-11-27-28(16-34)38-39-30(27)32(44)36-24-17-35-41(19-24)25-7-5-20(6-8-25)33(45)40-14-12-21-15-22(3-4-23(21)18-40)26-9-10-29(42)37-31(26)43/h3-4,15,17,19-20,25-26H,5-14,16,18H2,1-2H3,(H,36,44)(H,38,39)(H,37,42,43)/t20?,25?,26-/m1/s1. The molecule has 1 saturated carbocycles. The average Bonchev–Trinajstić information content (AvgIpc) is 3.66. The highest BCUT2D eigenvalue weighted by Crippen LogP contribution is 2.37. The number of benzene rings is 1. The highest BCUT2D eigenvalue weighted by atomic mass is 16.2. The first-order valence-electron chi connectivity index (χ1n) is 16.3. The van der Waals surface area contributed by atoms with Gasteiger partial charge in [0.05, 0.1) is 23.8 Å². The summed E-state index contributed by atoms with van der Waals surface area (Å²) in [6.07, 6.45) is 11.3. The number of aromatic amines is 1. The molecular weight excluding hydrogens is 570 g/mol. The average molecular weight is 612 g/mol. The van der Waals surface area contributed by atoms with Gasteiger partial charge in [-0.15, -0.1) is 0 Å². The minimum atomic E-state index is -0.292. The molecule has 0 spiro atoms. The number of nitrogens with zero attached hydrogens (tertiary/aromatic N) is 4. The Morgan fingerprint density at radius 1 is 1.02 bits per heavy atom. The van der Waals surface area contributed by atoms with Crippen molar-refractivity contribution >= 4 is 29.3 Å². The van der Waals surface area contributed by atoms with Gasteiger partial charge in [-0.05, 0) is 79.9 Å². The van der Waals surface area contributed by atoms with Crippen LogP contribution in [0.25, 0.3) is 0 Å². The number of rotatable bonds is 5. The van der Waals surface area contributed by atoms with Crippen LogP contribution in [0.3, 0.4) is 0 Å². The van der Waals surface area contributed by atoms with Crippen LogP contribution < -0.4 is 10.6 Å². The van der Waals surface area contributed by atoms with Crippen molar-refractivity contribution in [3.05, 3.63) is 64.2 Å². The number of H-pyrrole nitrogens is 1. The van der Waals surface area contributed by atoms with E-state index in [0.29, 0.717) is 37.3 Å². The van der Waals surface area contributed by atoms with Crippen molar-refractivity contribution in [2.75, 3.05) is 11.9 Å². The van der Waals surface area contributed by atoms with E-state index in [4.69, 9.17) is 0 Å². The van der Waals surface area contributed by atoms with E-state index in [1.54, 1.807) is 6.20 Å². The maximum atomic E-state index is 13.5. The summed E-state index contributed by atoms with van der Waals surface area (Å²) in [4.78, 5) is 52.4. The lowest BCUT2D eigenvalue weighted by Gasteiger charge is -2.35. The number of carbonyl (C=O) groups excluding carboxylic acids is 4. The fourth-order valence-electron chi connectivity index (χ4n) is 7.66. The molecule has 4 heterocycles. The number of piperidine rings is 1. The summed E-state index contributed by atoms with van der Waals surface area (Å²) in [5.41, 5.74) is 6.68. The molecule has 3 N–H and O–H groups in total. The monoisotopic (exact) mass is 611 g/mol. The maximum absolute atomic E-state index is 13.5. The van der Waals surface area contributed by atoms with E-state index in [-0.39, 0.29) is 46.9 Å². The normalized spacial score (nSPS) is 24.4. The third-order valence-corrected chi connectivity index (χ3v) is 10.4. The van der Waals surface area contributed by atoms with Crippen LogP contribution in [0, 0.1) is 11.3 Å². The number of carbonyl (C=O) groups is 4. The van der Waals surface area contributed by atoms with Crippen LogP contribution >= 0.6 is 0 Å². The minimum Gasteiger partial charge on any atom is -0.338 e. The Kier molecular flexibility index (Phi) is 7.57. The Balaban J connectivity index is 0.918. The van der Waals surface area contributed by atoms with E-state index in [1.807, 2.05) is 27.9 Å². The lowest BCUT2D eigenvalue weighted by Crippen LogP contribution is -2.41. The Morgan fingerprint density at radius 3 is 2.64 bits per heavy atom. The number of fused-ring (bicyclic) bond motifs is 2. The third-order valence-electron chi connectivity index (χ3n) is 10.4. The van der Waals surface area contributed by atoms with Gasteiger partial charge >= 0.3 is 0 Å². The fourth-order valence-corrected chi connectivity index (χ4v) is 7.66. The van der Waals surface area contributed by atoms with Crippen LogP contribution in [0.4, 0.5) is 5.69 Å². The first kappa shape index (κ1) is 29.4. The second-order valence-corrected chi connectivity index (χ2v) is 14.1. The minimum absolute atomic E-state index is 0.00361. The Hall–Kier alpha value is -4.28. The fraction of sp³-hybridized carbons (Fsp3) is 0.529. The SMILES string of the molecule is CC1(C)CCc2c(C(=O)Nc3cnn(C4CCC(C(=O)N5CCc6cc([C@H]7CCC(=O)NC7=O)ccc6C5)CC4)c3)n[nH]c2C1. The van der Waals surface area contributed by atoms with E-state index < -0.39 is 0 Å². The van der Waals surface area contributed by atoms with Crippen molar-refractivity contribution in [3.8, 4) is 0 Å². The summed E-state index contributed by atoms with van der Waals surface area (Å²) < 4.78 is 1.93. The highest BCUT2D eigenvalue weighted by molar-refractivity contribution is 6.04. The molecule has 4 amide bonds. The van der Waals surface area contributed by atoms with Crippen LogP contribution in [0.1, 0.15) is 109 Å². The van der Waals surface area contributed by atoms with Gasteiger partial charge in [0.2, 0.25) is 17.7 Å². The summed E-state index contributed by atoms with van der Waals surface area (Å²) in [5.74, 6) is -0.718. The molecule has 0 bridgehead atoms. The zero-order valence-electron chi connectivity index (χ0n) is 26.0. The molecule has 45 heavy (non-hydrogen) atoms. The van der Waals surface area contributed by atoms with Gasteiger partial charge in [-0.2, -0.15) is 10.2 Å². The zero-order chi connectivity index (χ0) is 31.3. The molecule has 3 aromatic rings. The summed E-state index contributed by atoms with van der Waals surface area (Å²) in [5, 5.41) is 17.4. The predicted octanol–water partition coefficient (Wildman–Crippen LogP) is 4.21. The number of amides is 4. The van der Waals surface area contributed by atoms with Gasteiger partial charge in [-0.3, -0.25) is 34.3 Å². The number of anilines is 1. The number of aromatic nitrogens is 4. The summed E-state index contributed by atoms with van der Waals surface area (Å²) in [6.45, 7) is 5.74. The molecule has 236 valence electrons. The van der Waals surface area contributed by atoms with E-state index in [9.17, 15) is 19.2 Å². The summed E-state index contributed by atoms with van der Waals surface area (Å²) in [7, 11) is 0. The van der Waals surface area contributed by atoms with Crippen molar-refractivity contribution in [2.45, 2.75) is 96.6 Å². The van der Waals surface area contributed by atoms with Gasteiger partial charge in [0, 0.05) is 42.9 Å². The van der Waals surface area contributed by atoms with Crippen molar-refractivity contribution in [2.24, 2.45) is 11.3 Å². The molecule has 1 saturated heterocycles. The van der Waals surface area contributed by atoms with E-state index >= 15 is 0 Å². The molecule has 11 heteroatoms. The molecule has 0 radical (unpaired) electrons. The van der Waals surface area contributed by atoms with Crippen LogP contribution in [0.15, 0.2) is 30.6 Å². The van der Waals surface area contributed by atoms with Crippen molar-refractivity contribution < 1.29 is 19.2 Å². The largest absolute Gasteiger partial charge is 0.338 e. The summed E-state index contributed by atoms with van der Waals surface area (Å²) >= 11 is 0. The van der Waals surface area contributed by atoms with Crippen LogP contribution in [-0.2, 0) is 40.2 Å². The van der Waals surface area contributed by atoms with Crippen LogP contribution in [0.2, 0.25) is 0 Å². The van der Waals surface area contributed by atoms with Gasteiger partial charge in [-0.1, -0.05) is 32.0 Å². The molecule has 2 aromatic heterocycles. The molecule has 11 nitrogen and oxygen atoms in total. The topological polar surface area (TPSA) is 142 Å². The molecule has 2 aliphatic carbocycles. The van der Waals surface area contributed by atoms with Gasteiger partial charge in [-0.25, -0.2) is 0 Å². The molecule has 0 unspecified atom stereocenters. The van der Waals surface area contributed by atoms with E-state index in [2.05, 4.69) is 45.8 Å². The lowest BCUT2D eigenvalue weighted by atomic mass is 9.76. The molecule has 2 aliphatic heterocycles. The van der Waals surface area contributed by atoms with Gasteiger partial charge in [0.25, 0.3) is 5.91 Å². The smallest absolute Gasteiger partial charge is 0.276 e. The lowest BCUT2D eigenvalue weighted by molar-refractivity contribution is -0.138. The first-order chi connectivity index (χ1) is 21.6. The molecule has 1 aromatic carbocycles.